The maximum atomic E-state index is 13.5. The van der Waals surface area contributed by atoms with Crippen LogP contribution >= 0.6 is 11.8 Å². The molecule has 0 bridgehead atoms. The van der Waals surface area contributed by atoms with E-state index in [0.29, 0.717) is 17.0 Å². The van der Waals surface area contributed by atoms with Crippen molar-refractivity contribution in [3.8, 4) is 0 Å². The SMILES string of the molecule is C[C@H](Sc1nnc(C2CC2)o1)C(=O)Nc1cc(F)ccc1F. The van der Waals surface area contributed by atoms with Crippen molar-refractivity contribution >= 4 is 23.4 Å². The number of amides is 1. The summed E-state index contributed by atoms with van der Waals surface area (Å²) in [6.45, 7) is 1.62. The molecule has 0 unspecified atom stereocenters. The Morgan fingerprint density at radius 2 is 2.18 bits per heavy atom. The van der Waals surface area contributed by atoms with Gasteiger partial charge in [-0.3, -0.25) is 4.79 Å². The molecule has 8 heteroatoms. The smallest absolute Gasteiger partial charge is 0.277 e. The fourth-order valence-corrected chi connectivity index (χ4v) is 2.49. The number of hydrogen-bond acceptors (Lipinski definition) is 5. The van der Waals surface area contributed by atoms with Gasteiger partial charge in [-0.15, -0.1) is 10.2 Å². The number of aromatic nitrogens is 2. The molecule has 3 rings (SSSR count). The molecule has 1 aromatic carbocycles. The zero-order chi connectivity index (χ0) is 15.7. The summed E-state index contributed by atoms with van der Waals surface area (Å²) in [5, 5.41) is 9.85. The minimum Gasteiger partial charge on any atom is -0.416 e. The molecular weight excluding hydrogens is 312 g/mol. The number of thioether (sulfide) groups is 1. The molecule has 1 aromatic heterocycles. The molecule has 1 heterocycles. The van der Waals surface area contributed by atoms with Crippen LogP contribution in [-0.4, -0.2) is 21.4 Å². The van der Waals surface area contributed by atoms with Gasteiger partial charge in [0.05, 0.1) is 10.9 Å². The summed E-state index contributed by atoms with van der Waals surface area (Å²) >= 11 is 1.08. The first-order chi connectivity index (χ1) is 10.5. The monoisotopic (exact) mass is 325 g/mol. The van der Waals surface area contributed by atoms with Crippen molar-refractivity contribution in [1.82, 2.24) is 10.2 Å². The van der Waals surface area contributed by atoms with Crippen LogP contribution in [0.1, 0.15) is 31.6 Å². The Balaban J connectivity index is 1.62. The average Bonchev–Trinajstić information content (AvgIpc) is 3.23. The maximum absolute atomic E-state index is 13.5. The quantitative estimate of drug-likeness (QED) is 0.854. The Morgan fingerprint density at radius 1 is 1.41 bits per heavy atom. The highest BCUT2D eigenvalue weighted by molar-refractivity contribution is 8.00. The molecule has 116 valence electrons. The van der Waals surface area contributed by atoms with E-state index in [0.717, 1.165) is 42.8 Å². The van der Waals surface area contributed by atoms with Crippen molar-refractivity contribution in [1.29, 1.82) is 0 Å². The Labute approximate surface area is 129 Å². The van der Waals surface area contributed by atoms with Crippen LogP contribution in [0.2, 0.25) is 0 Å². The van der Waals surface area contributed by atoms with Crippen molar-refractivity contribution in [2.45, 2.75) is 36.2 Å². The van der Waals surface area contributed by atoms with Gasteiger partial charge in [0, 0.05) is 12.0 Å². The molecule has 1 fully saturated rings. The van der Waals surface area contributed by atoms with Gasteiger partial charge in [0.25, 0.3) is 5.22 Å². The second-order valence-electron chi connectivity index (χ2n) is 5.05. The second-order valence-corrected chi connectivity index (χ2v) is 6.35. The summed E-state index contributed by atoms with van der Waals surface area (Å²) in [5.74, 6) is -0.858. The van der Waals surface area contributed by atoms with E-state index < -0.39 is 22.8 Å². The molecule has 1 aliphatic carbocycles. The molecule has 1 saturated carbocycles. The van der Waals surface area contributed by atoms with Crippen LogP contribution in [0.15, 0.2) is 27.8 Å². The highest BCUT2D eigenvalue weighted by Crippen LogP contribution is 2.40. The van der Waals surface area contributed by atoms with Crippen LogP contribution in [0.25, 0.3) is 0 Å². The van der Waals surface area contributed by atoms with Gasteiger partial charge in [-0.25, -0.2) is 8.78 Å². The van der Waals surface area contributed by atoms with Crippen LogP contribution in [0, 0.1) is 11.6 Å². The van der Waals surface area contributed by atoms with Crippen LogP contribution < -0.4 is 5.32 Å². The average molecular weight is 325 g/mol. The Kier molecular flexibility index (Phi) is 4.10. The predicted octanol–water partition coefficient (Wildman–Crippen LogP) is 3.34. The van der Waals surface area contributed by atoms with Gasteiger partial charge >= 0.3 is 0 Å². The number of nitrogens with one attached hydrogen (secondary N) is 1. The Bertz CT molecular complexity index is 703. The maximum Gasteiger partial charge on any atom is 0.277 e. The summed E-state index contributed by atoms with van der Waals surface area (Å²) in [6, 6.07) is 2.88. The highest BCUT2D eigenvalue weighted by atomic mass is 32.2. The third-order valence-electron chi connectivity index (χ3n) is 3.18. The molecule has 2 aromatic rings. The normalized spacial score (nSPS) is 15.6. The zero-order valence-corrected chi connectivity index (χ0v) is 12.5. The molecule has 5 nitrogen and oxygen atoms in total. The van der Waals surface area contributed by atoms with Crippen LogP contribution in [0.3, 0.4) is 0 Å². The van der Waals surface area contributed by atoms with Gasteiger partial charge in [0.1, 0.15) is 11.6 Å². The van der Waals surface area contributed by atoms with Crippen molar-refractivity contribution in [3.05, 3.63) is 35.7 Å². The lowest BCUT2D eigenvalue weighted by molar-refractivity contribution is -0.115. The number of carbonyl (C=O) groups excluding carboxylic acids is 1. The second kappa shape index (κ2) is 6.04. The van der Waals surface area contributed by atoms with E-state index in [2.05, 4.69) is 15.5 Å². The Morgan fingerprint density at radius 3 is 2.91 bits per heavy atom. The van der Waals surface area contributed by atoms with Crippen molar-refractivity contribution in [2.24, 2.45) is 0 Å². The predicted molar refractivity (Wildman–Crippen MR) is 76.6 cm³/mol. The lowest BCUT2D eigenvalue weighted by Crippen LogP contribution is -2.23. The van der Waals surface area contributed by atoms with E-state index in [1.807, 2.05) is 0 Å². The van der Waals surface area contributed by atoms with E-state index in [4.69, 9.17) is 4.42 Å². The summed E-state index contributed by atoms with van der Waals surface area (Å²) in [7, 11) is 0. The number of carbonyl (C=O) groups is 1. The third kappa shape index (κ3) is 3.44. The summed E-state index contributed by atoms with van der Waals surface area (Å²) in [4.78, 5) is 12.0. The van der Waals surface area contributed by atoms with Gasteiger partial charge in [-0.1, -0.05) is 11.8 Å². The van der Waals surface area contributed by atoms with Gasteiger partial charge in [0.2, 0.25) is 11.8 Å². The number of anilines is 1. The highest BCUT2D eigenvalue weighted by Gasteiger charge is 2.30. The topological polar surface area (TPSA) is 68.0 Å². The first kappa shape index (κ1) is 15.0. The van der Waals surface area contributed by atoms with Gasteiger partial charge in [-0.2, -0.15) is 0 Å². The summed E-state index contributed by atoms with van der Waals surface area (Å²) in [5.41, 5.74) is -0.193. The number of halogens is 2. The van der Waals surface area contributed by atoms with E-state index in [-0.39, 0.29) is 5.69 Å². The zero-order valence-electron chi connectivity index (χ0n) is 11.7. The first-order valence-corrected chi connectivity index (χ1v) is 7.67. The molecule has 0 saturated heterocycles. The van der Waals surface area contributed by atoms with E-state index >= 15 is 0 Å². The molecule has 0 spiro atoms. The minimum atomic E-state index is -0.694. The summed E-state index contributed by atoms with van der Waals surface area (Å²) < 4.78 is 32.0. The first-order valence-electron chi connectivity index (χ1n) is 6.79. The van der Waals surface area contributed by atoms with E-state index in [1.54, 1.807) is 6.92 Å². The molecule has 22 heavy (non-hydrogen) atoms. The molecule has 1 amide bonds. The van der Waals surface area contributed by atoms with Gasteiger partial charge in [0.15, 0.2) is 0 Å². The standard InChI is InChI=1S/C14H13F2N3O2S/c1-7(22-14-19-18-13(21-14)8-2-3-8)12(20)17-11-6-9(15)4-5-10(11)16/h4-8H,2-3H2,1H3,(H,17,20)/t7-/m0/s1. The largest absolute Gasteiger partial charge is 0.416 e. The summed E-state index contributed by atoms with van der Waals surface area (Å²) in [6.07, 6.45) is 2.09. The molecule has 0 aliphatic heterocycles. The minimum absolute atomic E-state index is 0.193. The number of rotatable bonds is 5. The molecule has 1 N–H and O–H groups in total. The van der Waals surface area contributed by atoms with Crippen molar-refractivity contribution in [3.63, 3.8) is 0 Å². The van der Waals surface area contributed by atoms with Crippen LogP contribution in [-0.2, 0) is 4.79 Å². The van der Waals surface area contributed by atoms with E-state index in [1.165, 1.54) is 0 Å². The van der Waals surface area contributed by atoms with E-state index in [9.17, 15) is 13.6 Å². The Hall–Kier alpha value is -1.96. The fourth-order valence-electron chi connectivity index (χ4n) is 1.80. The van der Waals surface area contributed by atoms with Crippen molar-refractivity contribution in [2.75, 3.05) is 5.32 Å². The van der Waals surface area contributed by atoms with Gasteiger partial charge in [-0.05, 0) is 31.9 Å². The number of nitrogens with zero attached hydrogens (tertiary/aromatic N) is 2. The van der Waals surface area contributed by atoms with Crippen molar-refractivity contribution < 1.29 is 18.0 Å². The fraction of sp³-hybridized carbons (Fsp3) is 0.357. The van der Waals surface area contributed by atoms with Crippen LogP contribution in [0.4, 0.5) is 14.5 Å². The molecule has 1 atom stereocenters. The molecule has 1 aliphatic rings. The third-order valence-corrected chi connectivity index (χ3v) is 4.12. The number of hydrogen-bond donors (Lipinski definition) is 1. The molecular formula is C14H13F2N3O2S. The number of benzene rings is 1. The lowest BCUT2D eigenvalue weighted by Gasteiger charge is -2.10. The lowest BCUT2D eigenvalue weighted by atomic mass is 10.3. The van der Waals surface area contributed by atoms with Gasteiger partial charge < -0.3 is 9.73 Å². The molecule has 0 radical (unpaired) electrons. The van der Waals surface area contributed by atoms with Crippen LogP contribution in [0.5, 0.6) is 0 Å².